The molecule has 28 heavy (non-hydrogen) atoms. The van der Waals surface area contributed by atoms with Crippen LogP contribution in [0, 0.1) is 17.2 Å². The van der Waals surface area contributed by atoms with Crippen molar-refractivity contribution in [2.75, 3.05) is 6.61 Å². The molecule has 3 rings (SSSR count). The highest BCUT2D eigenvalue weighted by molar-refractivity contribution is 5.97. The van der Waals surface area contributed by atoms with Crippen LogP contribution < -0.4 is 15.4 Å². The number of carbonyl (C=O) groups excluding carboxylic acids is 2. The van der Waals surface area contributed by atoms with Crippen LogP contribution in [0.3, 0.4) is 0 Å². The number of ether oxygens (including phenoxy) is 1. The van der Waals surface area contributed by atoms with E-state index in [-0.39, 0.29) is 24.3 Å². The lowest BCUT2D eigenvalue weighted by Gasteiger charge is -2.23. The lowest BCUT2D eigenvalue weighted by Crippen LogP contribution is -2.48. The maximum Gasteiger partial charge on any atom is 0.259 e. The molecule has 1 saturated carbocycles. The highest BCUT2D eigenvalue weighted by Crippen LogP contribution is 2.39. The standard InChI is InChI=1S/C22H23N3O3/c1-22(15-23,17-11-12-17)25-20(26)14-28-19-10-6-5-9-18(19)21(27)24-13-16-7-3-2-4-8-16/h2-10,17H,11-14H2,1H3,(H,24,27)(H,25,26)/t22-/m0/s1. The van der Waals surface area contributed by atoms with Gasteiger partial charge in [0.15, 0.2) is 6.61 Å². The van der Waals surface area contributed by atoms with Gasteiger partial charge in [-0.05, 0) is 43.4 Å². The van der Waals surface area contributed by atoms with Crippen molar-refractivity contribution in [3.8, 4) is 11.8 Å². The van der Waals surface area contributed by atoms with Crippen LogP contribution >= 0.6 is 0 Å². The third kappa shape index (κ3) is 4.89. The maximum absolute atomic E-state index is 12.5. The fraction of sp³-hybridized carbons (Fsp3) is 0.318. The van der Waals surface area contributed by atoms with Crippen molar-refractivity contribution in [3.05, 3.63) is 65.7 Å². The monoisotopic (exact) mass is 377 g/mol. The Kier molecular flexibility index (Phi) is 5.95. The second-order valence-electron chi connectivity index (χ2n) is 7.09. The summed E-state index contributed by atoms with van der Waals surface area (Å²) in [6, 6.07) is 18.6. The first kappa shape index (κ1) is 19.4. The second kappa shape index (κ2) is 8.57. The van der Waals surface area contributed by atoms with E-state index in [1.165, 1.54) is 0 Å². The van der Waals surface area contributed by atoms with Crippen LogP contribution in [0.4, 0.5) is 0 Å². The second-order valence-corrected chi connectivity index (χ2v) is 7.09. The molecule has 1 aliphatic rings. The number of carbonyl (C=O) groups is 2. The van der Waals surface area contributed by atoms with Gasteiger partial charge in [-0.3, -0.25) is 9.59 Å². The number of para-hydroxylation sites is 1. The Hall–Kier alpha value is -3.33. The Morgan fingerprint density at radius 1 is 1.14 bits per heavy atom. The van der Waals surface area contributed by atoms with Crippen molar-refractivity contribution < 1.29 is 14.3 Å². The number of benzene rings is 2. The number of rotatable bonds is 8. The molecule has 1 atom stereocenters. The Morgan fingerprint density at radius 3 is 2.50 bits per heavy atom. The smallest absolute Gasteiger partial charge is 0.259 e. The van der Waals surface area contributed by atoms with Crippen molar-refractivity contribution in [1.82, 2.24) is 10.6 Å². The quantitative estimate of drug-likeness (QED) is 0.740. The molecular weight excluding hydrogens is 354 g/mol. The molecule has 0 radical (unpaired) electrons. The van der Waals surface area contributed by atoms with Crippen molar-refractivity contribution in [2.45, 2.75) is 31.8 Å². The number of hydrogen-bond acceptors (Lipinski definition) is 4. The zero-order valence-electron chi connectivity index (χ0n) is 15.8. The van der Waals surface area contributed by atoms with Gasteiger partial charge in [-0.15, -0.1) is 0 Å². The van der Waals surface area contributed by atoms with Crippen molar-refractivity contribution in [1.29, 1.82) is 5.26 Å². The first-order chi connectivity index (χ1) is 13.5. The Labute approximate surface area is 164 Å². The molecule has 1 fully saturated rings. The minimum atomic E-state index is -0.868. The first-order valence-electron chi connectivity index (χ1n) is 9.28. The summed E-state index contributed by atoms with van der Waals surface area (Å²) in [6.45, 7) is 1.87. The maximum atomic E-state index is 12.5. The van der Waals surface area contributed by atoms with Gasteiger partial charge in [0.1, 0.15) is 11.3 Å². The highest BCUT2D eigenvalue weighted by atomic mass is 16.5. The number of nitrogens with zero attached hydrogens (tertiary/aromatic N) is 1. The van der Waals surface area contributed by atoms with E-state index in [0.717, 1.165) is 18.4 Å². The Balaban J connectivity index is 1.58. The summed E-state index contributed by atoms with van der Waals surface area (Å²) in [5, 5.41) is 14.9. The van der Waals surface area contributed by atoms with Gasteiger partial charge < -0.3 is 15.4 Å². The van der Waals surface area contributed by atoms with E-state index < -0.39 is 5.54 Å². The molecule has 0 bridgehead atoms. The van der Waals surface area contributed by atoms with Gasteiger partial charge in [-0.1, -0.05) is 42.5 Å². The molecule has 2 aromatic rings. The van der Waals surface area contributed by atoms with Gasteiger partial charge >= 0.3 is 0 Å². The van der Waals surface area contributed by atoms with E-state index in [1.807, 2.05) is 30.3 Å². The van der Waals surface area contributed by atoms with E-state index >= 15 is 0 Å². The number of nitriles is 1. The van der Waals surface area contributed by atoms with E-state index in [4.69, 9.17) is 4.74 Å². The molecule has 2 amide bonds. The molecule has 0 unspecified atom stereocenters. The van der Waals surface area contributed by atoms with E-state index in [0.29, 0.717) is 17.9 Å². The minimum absolute atomic E-state index is 0.192. The van der Waals surface area contributed by atoms with Crippen LogP contribution in [-0.2, 0) is 11.3 Å². The molecule has 2 aromatic carbocycles. The average molecular weight is 377 g/mol. The van der Waals surface area contributed by atoms with Crippen LogP contribution in [0.2, 0.25) is 0 Å². The molecule has 0 aromatic heterocycles. The molecule has 144 valence electrons. The SMILES string of the molecule is C[C@@](C#N)(NC(=O)COc1ccccc1C(=O)NCc1ccccc1)C1CC1. The topological polar surface area (TPSA) is 91.2 Å². The molecule has 0 aliphatic heterocycles. The summed E-state index contributed by atoms with van der Waals surface area (Å²) in [5.74, 6) is -0.138. The van der Waals surface area contributed by atoms with Crippen molar-refractivity contribution in [3.63, 3.8) is 0 Å². The predicted molar refractivity (Wildman–Crippen MR) is 104 cm³/mol. The largest absolute Gasteiger partial charge is 0.483 e. The fourth-order valence-corrected chi connectivity index (χ4v) is 3.00. The van der Waals surface area contributed by atoms with Gasteiger partial charge in [0.05, 0.1) is 11.6 Å². The van der Waals surface area contributed by atoms with E-state index in [1.54, 1.807) is 31.2 Å². The predicted octanol–water partition coefficient (Wildman–Crippen LogP) is 2.80. The molecule has 2 N–H and O–H groups in total. The highest BCUT2D eigenvalue weighted by Gasteiger charge is 2.43. The summed E-state index contributed by atoms with van der Waals surface area (Å²) in [6.07, 6.45) is 1.88. The van der Waals surface area contributed by atoms with Crippen LogP contribution in [0.15, 0.2) is 54.6 Å². The van der Waals surface area contributed by atoms with Crippen LogP contribution in [0.5, 0.6) is 5.75 Å². The van der Waals surface area contributed by atoms with E-state index in [9.17, 15) is 14.9 Å². The molecule has 1 aliphatic carbocycles. The third-order valence-electron chi connectivity index (χ3n) is 4.81. The summed E-state index contributed by atoms with van der Waals surface area (Å²) in [7, 11) is 0. The Bertz CT molecular complexity index is 887. The van der Waals surface area contributed by atoms with Gasteiger partial charge in [0.25, 0.3) is 11.8 Å². The molecular formula is C22H23N3O3. The molecule has 6 heteroatoms. The molecule has 6 nitrogen and oxygen atoms in total. The van der Waals surface area contributed by atoms with E-state index in [2.05, 4.69) is 16.7 Å². The van der Waals surface area contributed by atoms with Gasteiger partial charge in [0.2, 0.25) is 0 Å². The van der Waals surface area contributed by atoms with Gasteiger partial charge in [-0.2, -0.15) is 5.26 Å². The van der Waals surface area contributed by atoms with Crippen LogP contribution in [0.25, 0.3) is 0 Å². The van der Waals surface area contributed by atoms with Gasteiger partial charge in [-0.25, -0.2) is 0 Å². The lowest BCUT2D eigenvalue weighted by molar-refractivity contribution is -0.124. The third-order valence-corrected chi connectivity index (χ3v) is 4.81. The van der Waals surface area contributed by atoms with Crippen LogP contribution in [0.1, 0.15) is 35.7 Å². The molecule has 0 saturated heterocycles. The number of hydrogen-bond donors (Lipinski definition) is 2. The molecule has 0 spiro atoms. The van der Waals surface area contributed by atoms with Crippen molar-refractivity contribution >= 4 is 11.8 Å². The Morgan fingerprint density at radius 2 is 1.82 bits per heavy atom. The normalized spacial score (nSPS) is 15.0. The summed E-state index contributed by atoms with van der Waals surface area (Å²) >= 11 is 0. The average Bonchev–Trinajstić information content (AvgIpc) is 3.57. The van der Waals surface area contributed by atoms with Crippen LogP contribution in [-0.4, -0.2) is 24.0 Å². The summed E-state index contributed by atoms with van der Waals surface area (Å²) < 4.78 is 5.58. The number of amides is 2. The molecule has 0 heterocycles. The zero-order valence-corrected chi connectivity index (χ0v) is 15.8. The summed E-state index contributed by atoms with van der Waals surface area (Å²) in [4.78, 5) is 24.7. The first-order valence-corrected chi connectivity index (χ1v) is 9.28. The van der Waals surface area contributed by atoms with Crippen molar-refractivity contribution in [2.24, 2.45) is 5.92 Å². The van der Waals surface area contributed by atoms with Gasteiger partial charge in [0, 0.05) is 6.54 Å². The fourth-order valence-electron chi connectivity index (χ4n) is 3.00. The minimum Gasteiger partial charge on any atom is -0.483 e. The lowest BCUT2D eigenvalue weighted by atomic mass is 9.98. The number of nitrogens with one attached hydrogen (secondary N) is 2. The zero-order chi connectivity index (χ0) is 20.0. The summed E-state index contributed by atoms with van der Waals surface area (Å²) in [5.41, 5.74) is 0.480.